The average molecular weight is 495 g/mol. The number of rotatable bonds is 7. The Labute approximate surface area is 200 Å². The van der Waals surface area contributed by atoms with Gasteiger partial charge in [-0.2, -0.15) is 0 Å². The Morgan fingerprint density at radius 3 is 2.34 bits per heavy atom. The van der Waals surface area contributed by atoms with Gasteiger partial charge >= 0.3 is 5.69 Å². The lowest BCUT2D eigenvalue weighted by molar-refractivity contribution is -0.394. The van der Waals surface area contributed by atoms with Crippen molar-refractivity contribution < 1.29 is 28.6 Å². The highest BCUT2D eigenvalue weighted by Gasteiger charge is 2.35. The predicted molar refractivity (Wildman–Crippen MR) is 124 cm³/mol. The Hall–Kier alpha value is -4.58. The number of benzene rings is 3. The van der Waals surface area contributed by atoms with Gasteiger partial charge in [-0.1, -0.05) is 30.3 Å². The van der Waals surface area contributed by atoms with Crippen molar-refractivity contribution in [1.82, 2.24) is 4.90 Å². The molecule has 35 heavy (non-hydrogen) atoms. The third kappa shape index (κ3) is 5.17. The zero-order valence-electron chi connectivity index (χ0n) is 17.6. The normalized spacial score (nSPS) is 14.4. The SMILES string of the molecule is O=C1S/C(=C/c2ccc(Oc3ccc([N+](=O)[O-])cc3[N+](=O)[O-])cc2)C(=O)N1Cc1ccccc1F. The van der Waals surface area contributed by atoms with Crippen molar-refractivity contribution in [2.75, 3.05) is 0 Å². The zero-order chi connectivity index (χ0) is 25.1. The van der Waals surface area contributed by atoms with Crippen molar-refractivity contribution in [1.29, 1.82) is 0 Å². The van der Waals surface area contributed by atoms with E-state index in [1.54, 1.807) is 18.2 Å². The standard InChI is InChI=1S/C23H14FN3O7S/c24-18-4-2-1-3-15(18)13-25-22(28)21(35-23(25)29)11-14-5-8-17(9-6-14)34-20-10-7-16(26(30)31)12-19(20)27(32)33/h1-12H,13H2/b21-11+. The number of nitro groups is 2. The molecule has 0 unspecified atom stereocenters. The molecule has 1 heterocycles. The number of carbonyl (C=O) groups excluding carboxylic acids is 2. The number of amides is 2. The third-order valence-corrected chi connectivity index (χ3v) is 5.82. The minimum atomic E-state index is -0.784. The average Bonchev–Trinajstić information content (AvgIpc) is 3.09. The Bertz CT molecular complexity index is 1390. The monoisotopic (exact) mass is 495 g/mol. The van der Waals surface area contributed by atoms with Gasteiger partial charge in [-0.15, -0.1) is 0 Å². The molecule has 0 aromatic heterocycles. The number of nitro benzene ring substituents is 2. The van der Waals surface area contributed by atoms with Crippen molar-refractivity contribution in [3.05, 3.63) is 109 Å². The Morgan fingerprint density at radius 2 is 1.69 bits per heavy atom. The smallest absolute Gasteiger partial charge is 0.318 e. The molecule has 1 saturated heterocycles. The van der Waals surface area contributed by atoms with Crippen LogP contribution >= 0.6 is 11.8 Å². The van der Waals surface area contributed by atoms with Crippen molar-refractivity contribution in [3.63, 3.8) is 0 Å². The van der Waals surface area contributed by atoms with E-state index in [1.807, 2.05) is 0 Å². The van der Waals surface area contributed by atoms with Crippen LogP contribution in [-0.2, 0) is 11.3 Å². The second-order valence-corrected chi connectivity index (χ2v) is 8.19. The summed E-state index contributed by atoms with van der Waals surface area (Å²) in [5.41, 5.74) is -0.236. The molecule has 0 bridgehead atoms. The fourth-order valence-electron chi connectivity index (χ4n) is 3.19. The molecule has 10 nitrogen and oxygen atoms in total. The Kier molecular flexibility index (Phi) is 6.55. The van der Waals surface area contributed by atoms with Gasteiger partial charge in [-0.05, 0) is 47.7 Å². The predicted octanol–water partition coefficient (Wildman–Crippen LogP) is 5.67. The molecule has 0 spiro atoms. The Balaban J connectivity index is 1.50. The molecule has 0 saturated carbocycles. The van der Waals surface area contributed by atoms with Crippen molar-refractivity contribution in [2.45, 2.75) is 6.54 Å². The van der Waals surface area contributed by atoms with Crippen LogP contribution in [0.4, 0.5) is 20.6 Å². The summed E-state index contributed by atoms with van der Waals surface area (Å²) in [6.45, 7) is -0.185. The molecule has 0 aliphatic carbocycles. The first-order chi connectivity index (χ1) is 16.7. The highest BCUT2D eigenvalue weighted by atomic mass is 32.2. The first-order valence-electron chi connectivity index (χ1n) is 9.92. The first-order valence-corrected chi connectivity index (χ1v) is 10.7. The van der Waals surface area contributed by atoms with Gasteiger partial charge in [-0.25, -0.2) is 4.39 Å². The van der Waals surface area contributed by atoms with Crippen molar-refractivity contribution >= 4 is 40.4 Å². The molecular formula is C23H14FN3O7S. The quantitative estimate of drug-likeness (QED) is 0.233. The van der Waals surface area contributed by atoms with Crippen LogP contribution in [0.2, 0.25) is 0 Å². The molecule has 176 valence electrons. The minimum Gasteiger partial charge on any atom is -0.450 e. The largest absolute Gasteiger partial charge is 0.450 e. The molecule has 1 fully saturated rings. The highest BCUT2D eigenvalue weighted by molar-refractivity contribution is 8.18. The summed E-state index contributed by atoms with van der Waals surface area (Å²) < 4.78 is 19.4. The number of carbonyl (C=O) groups is 2. The molecule has 0 radical (unpaired) electrons. The number of ether oxygens (including phenoxy) is 1. The molecule has 3 aromatic carbocycles. The van der Waals surface area contributed by atoms with E-state index < -0.39 is 38.2 Å². The van der Waals surface area contributed by atoms with E-state index in [4.69, 9.17) is 4.74 Å². The van der Waals surface area contributed by atoms with Gasteiger partial charge in [0.15, 0.2) is 0 Å². The highest BCUT2D eigenvalue weighted by Crippen LogP contribution is 2.36. The number of halogens is 1. The summed E-state index contributed by atoms with van der Waals surface area (Å²) in [4.78, 5) is 46.7. The van der Waals surface area contributed by atoms with Crippen LogP contribution in [0.3, 0.4) is 0 Å². The fraction of sp³-hybridized carbons (Fsp3) is 0.0435. The van der Waals surface area contributed by atoms with Gasteiger partial charge in [-0.3, -0.25) is 34.7 Å². The van der Waals surface area contributed by atoms with Crippen LogP contribution in [0, 0.1) is 26.0 Å². The van der Waals surface area contributed by atoms with Crippen LogP contribution in [-0.4, -0.2) is 25.9 Å². The maximum Gasteiger partial charge on any atom is 0.318 e. The van der Waals surface area contributed by atoms with E-state index in [2.05, 4.69) is 0 Å². The molecule has 1 aliphatic heterocycles. The fourth-order valence-corrected chi connectivity index (χ4v) is 4.03. The summed E-state index contributed by atoms with van der Waals surface area (Å²) >= 11 is 0.732. The second-order valence-electron chi connectivity index (χ2n) is 7.20. The first kappa shape index (κ1) is 23.6. The van der Waals surface area contributed by atoms with E-state index in [1.165, 1.54) is 36.4 Å². The molecule has 2 amide bonds. The molecule has 3 aromatic rings. The molecule has 12 heteroatoms. The summed E-state index contributed by atoms with van der Waals surface area (Å²) in [5.74, 6) is -1.03. The van der Waals surface area contributed by atoms with E-state index >= 15 is 0 Å². The van der Waals surface area contributed by atoms with Crippen LogP contribution in [0.25, 0.3) is 6.08 Å². The van der Waals surface area contributed by atoms with E-state index in [0.717, 1.165) is 34.9 Å². The van der Waals surface area contributed by atoms with Crippen molar-refractivity contribution in [2.24, 2.45) is 0 Å². The summed E-state index contributed by atoms with van der Waals surface area (Å²) in [7, 11) is 0. The van der Waals surface area contributed by atoms with Gasteiger partial charge in [0.05, 0.1) is 27.4 Å². The van der Waals surface area contributed by atoms with Crippen LogP contribution < -0.4 is 4.74 Å². The van der Waals surface area contributed by atoms with Crippen molar-refractivity contribution in [3.8, 4) is 11.5 Å². The minimum absolute atomic E-state index is 0.158. The topological polar surface area (TPSA) is 133 Å². The number of non-ortho nitro benzene ring substituents is 1. The summed E-state index contributed by atoms with van der Waals surface area (Å²) in [6.07, 6.45) is 1.49. The van der Waals surface area contributed by atoms with Gasteiger partial charge in [0, 0.05) is 11.6 Å². The number of nitrogens with zero attached hydrogens (tertiary/aromatic N) is 3. The maximum absolute atomic E-state index is 13.9. The number of thioether (sulfide) groups is 1. The lowest BCUT2D eigenvalue weighted by Gasteiger charge is -2.12. The van der Waals surface area contributed by atoms with Crippen LogP contribution in [0.15, 0.2) is 71.6 Å². The van der Waals surface area contributed by atoms with Crippen LogP contribution in [0.1, 0.15) is 11.1 Å². The third-order valence-electron chi connectivity index (χ3n) is 4.92. The second kappa shape index (κ2) is 9.73. The molecule has 0 N–H and O–H groups in total. The summed E-state index contributed by atoms with van der Waals surface area (Å²) in [6, 6.07) is 15.0. The van der Waals surface area contributed by atoms with E-state index in [9.17, 15) is 34.2 Å². The van der Waals surface area contributed by atoms with Crippen LogP contribution in [0.5, 0.6) is 11.5 Å². The van der Waals surface area contributed by atoms with E-state index in [0.29, 0.717) is 5.56 Å². The van der Waals surface area contributed by atoms with E-state index in [-0.39, 0.29) is 28.5 Å². The van der Waals surface area contributed by atoms with Gasteiger partial charge in [0.1, 0.15) is 11.6 Å². The van der Waals surface area contributed by atoms with Gasteiger partial charge in [0.25, 0.3) is 16.8 Å². The lowest BCUT2D eigenvalue weighted by Crippen LogP contribution is -2.27. The van der Waals surface area contributed by atoms with Gasteiger partial charge in [0.2, 0.25) is 5.75 Å². The zero-order valence-corrected chi connectivity index (χ0v) is 18.4. The molecule has 1 aliphatic rings. The lowest BCUT2D eigenvalue weighted by atomic mass is 10.2. The molecule has 0 atom stereocenters. The molecular weight excluding hydrogens is 481 g/mol. The molecule has 4 rings (SSSR count). The number of hydrogen-bond acceptors (Lipinski definition) is 8. The summed E-state index contributed by atoms with van der Waals surface area (Å²) in [5, 5.41) is 21.6. The maximum atomic E-state index is 13.9. The van der Waals surface area contributed by atoms with Gasteiger partial charge < -0.3 is 4.74 Å². The number of imide groups is 1. The Morgan fingerprint density at radius 1 is 0.971 bits per heavy atom. The number of hydrogen-bond donors (Lipinski definition) is 0.